The van der Waals surface area contributed by atoms with Crippen molar-refractivity contribution in [2.45, 2.75) is 58.3 Å². The minimum atomic E-state index is -0.761. The molecule has 0 atom stereocenters. The molecule has 0 unspecified atom stereocenters. The molecule has 0 radical (unpaired) electrons. The number of nitrogens with two attached hydrogens (primary N) is 1. The number of hydrogen-bond acceptors (Lipinski definition) is 2. The molecule has 0 aromatic heterocycles. The van der Waals surface area contributed by atoms with E-state index in [9.17, 15) is 9.59 Å². The number of rotatable bonds is 8. The van der Waals surface area contributed by atoms with E-state index < -0.39 is 6.03 Å². The van der Waals surface area contributed by atoms with E-state index >= 15 is 0 Å². The molecular weight excluding hydrogens is 192 g/mol. The van der Waals surface area contributed by atoms with Crippen molar-refractivity contribution >= 4 is 11.9 Å². The Hall–Kier alpha value is -1.06. The fourth-order valence-corrected chi connectivity index (χ4v) is 1.44. The molecule has 4 nitrogen and oxygen atoms in total. The summed E-state index contributed by atoms with van der Waals surface area (Å²) in [4.78, 5) is 21.3. The predicted molar refractivity (Wildman–Crippen MR) is 60.3 cm³/mol. The normalized spacial score (nSPS) is 9.93. The summed E-state index contributed by atoms with van der Waals surface area (Å²) in [7, 11) is 0. The summed E-state index contributed by atoms with van der Waals surface area (Å²) in [6, 6.07) is -0.761. The van der Waals surface area contributed by atoms with E-state index in [0.29, 0.717) is 6.42 Å². The number of imide groups is 1. The van der Waals surface area contributed by atoms with E-state index in [1.807, 2.05) is 0 Å². The molecule has 0 saturated carbocycles. The first-order valence-corrected chi connectivity index (χ1v) is 5.76. The SMILES string of the molecule is CCCCCCCCCC(=O)NC(N)=O. The standard InChI is InChI=1S/C11H22N2O2/c1-2-3-4-5-6-7-8-9-10(14)13-11(12)15/h2-9H2,1H3,(H3,12,13,14,15). The van der Waals surface area contributed by atoms with Gasteiger partial charge < -0.3 is 5.73 Å². The molecule has 4 heteroatoms. The van der Waals surface area contributed by atoms with Crippen molar-refractivity contribution in [1.82, 2.24) is 5.32 Å². The second-order valence-electron chi connectivity index (χ2n) is 3.78. The zero-order valence-corrected chi connectivity index (χ0v) is 9.55. The third-order valence-electron chi connectivity index (χ3n) is 2.27. The highest BCUT2D eigenvalue weighted by molar-refractivity contribution is 5.93. The molecule has 0 heterocycles. The van der Waals surface area contributed by atoms with Crippen LogP contribution in [0.5, 0.6) is 0 Å². The van der Waals surface area contributed by atoms with Gasteiger partial charge in [-0.05, 0) is 6.42 Å². The lowest BCUT2D eigenvalue weighted by Gasteiger charge is -2.01. The van der Waals surface area contributed by atoms with Gasteiger partial charge in [0.25, 0.3) is 0 Å². The summed E-state index contributed by atoms with van der Waals surface area (Å²) in [5.74, 6) is -0.268. The fraction of sp³-hybridized carbons (Fsp3) is 0.818. The second-order valence-corrected chi connectivity index (χ2v) is 3.78. The summed E-state index contributed by atoms with van der Waals surface area (Å²) >= 11 is 0. The third kappa shape index (κ3) is 10.9. The molecule has 0 fully saturated rings. The number of urea groups is 1. The van der Waals surface area contributed by atoms with Gasteiger partial charge in [0.2, 0.25) is 5.91 Å². The van der Waals surface area contributed by atoms with Crippen LogP contribution in [-0.2, 0) is 4.79 Å². The Balaban J connectivity index is 3.16. The van der Waals surface area contributed by atoms with Crippen LogP contribution < -0.4 is 11.1 Å². The topological polar surface area (TPSA) is 72.2 Å². The molecule has 0 saturated heterocycles. The summed E-state index contributed by atoms with van der Waals surface area (Å²) in [6.07, 6.45) is 8.53. The molecular formula is C11H22N2O2. The Morgan fingerprint density at radius 2 is 1.53 bits per heavy atom. The van der Waals surface area contributed by atoms with Crippen molar-refractivity contribution in [3.05, 3.63) is 0 Å². The Morgan fingerprint density at radius 3 is 2.07 bits per heavy atom. The number of amides is 3. The quantitative estimate of drug-likeness (QED) is 0.609. The summed E-state index contributed by atoms with van der Waals surface area (Å²) < 4.78 is 0. The molecule has 88 valence electrons. The van der Waals surface area contributed by atoms with Crippen LogP contribution >= 0.6 is 0 Å². The van der Waals surface area contributed by atoms with Gasteiger partial charge in [0.05, 0.1) is 0 Å². The van der Waals surface area contributed by atoms with E-state index in [1.165, 1.54) is 32.1 Å². The zero-order chi connectivity index (χ0) is 11.5. The molecule has 0 aliphatic rings. The van der Waals surface area contributed by atoms with Crippen LogP contribution in [0, 0.1) is 0 Å². The average molecular weight is 214 g/mol. The van der Waals surface area contributed by atoms with Crippen LogP contribution in [0.15, 0.2) is 0 Å². The number of hydrogen-bond donors (Lipinski definition) is 2. The molecule has 0 aliphatic carbocycles. The van der Waals surface area contributed by atoms with E-state index in [4.69, 9.17) is 5.73 Å². The molecule has 0 aromatic rings. The first-order valence-electron chi connectivity index (χ1n) is 5.76. The van der Waals surface area contributed by atoms with E-state index in [1.54, 1.807) is 0 Å². The van der Waals surface area contributed by atoms with E-state index in [0.717, 1.165) is 12.8 Å². The minimum absolute atomic E-state index is 0.268. The highest BCUT2D eigenvalue weighted by Gasteiger charge is 2.02. The van der Waals surface area contributed by atoms with E-state index in [-0.39, 0.29) is 5.91 Å². The minimum Gasteiger partial charge on any atom is -0.351 e. The number of carbonyl (C=O) groups is 2. The monoisotopic (exact) mass is 214 g/mol. The van der Waals surface area contributed by atoms with E-state index in [2.05, 4.69) is 12.2 Å². The zero-order valence-electron chi connectivity index (χ0n) is 9.55. The summed E-state index contributed by atoms with van der Waals surface area (Å²) in [5.41, 5.74) is 4.81. The Kier molecular flexibility index (Phi) is 8.82. The Labute approximate surface area is 91.6 Å². The van der Waals surface area contributed by atoms with Gasteiger partial charge in [0, 0.05) is 6.42 Å². The van der Waals surface area contributed by atoms with Gasteiger partial charge in [-0.2, -0.15) is 0 Å². The van der Waals surface area contributed by atoms with Gasteiger partial charge >= 0.3 is 6.03 Å². The lowest BCUT2D eigenvalue weighted by atomic mass is 10.1. The largest absolute Gasteiger partial charge is 0.351 e. The van der Waals surface area contributed by atoms with Gasteiger partial charge in [0.1, 0.15) is 0 Å². The molecule has 0 aromatic carbocycles. The van der Waals surface area contributed by atoms with Crippen LogP contribution in [0.4, 0.5) is 4.79 Å². The van der Waals surface area contributed by atoms with Gasteiger partial charge in [-0.25, -0.2) is 4.79 Å². The first-order chi connectivity index (χ1) is 7.16. The number of primary amides is 1. The summed E-state index contributed by atoms with van der Waals surface area (Å²) in [5, 5.41) is 2.05. The van der Waals surface area contributed by atoms with Crippen molar-refractivity contribution in [1.29, 1.82) is 0 Å². The van der Waals surface area contributed by atoms with Crippen molar-refractivity contribution in [3.63, 3.8) is 0 Å². The first kappa shape index (κ1) is 13.9. The highest BCUT2D eigenvalue weighted by atomic mass is 16.2. The maximum absolute atomic E-state index is 11.0. The number of carbonyl (C=O) groups excluding carboxylic acids is 2. The van der Waals surface area contributed by atoms with Crippen LogP contribution in [0.1, 0.15) is 58.3 Å². The van der Waals surface area contributed by atoms with Gasteiger partial charge in [0.15, 0.2) is 0 Å². The van der Waals surface area contributed by atoms with Crippen molar-refractivity contribution in [3.8, 4) is 0 Å². The van der Waals surface area contributed by atoms with Crippen molar-refractivity contribution in [2.75, 3.05) is 0 Å². The third-order valence-corrected chi connectivity index (χ3v) is 2.27. The maximum atomic E-state index is 11.0. The van der Waals surface area contributed by atoms with Crippen LogP contribution in [0.3, 0.4) is 0 Å². The fourth-order valence-electron chi connectivity index (χ4n) is 1.44. The molecule has 3 amide bonds. The smallest absolute Gasteiger partial charge is 0.318 e. The molecule has 0 aliphatic heterocycles. The van der Waals surface area contributed by atoms with Crippen LogP contribution in [0.2, 0.25) is 0 Å². The number of nitrogens with one attached hydrogen (secondary N) is 1. The van der Waals surface area contributed by atoms with Crippen molar-refractivity contribution in [2.24, 2.45) is 5.73 Å². The summed E-state index contributed by atoms with van der Waals surface area (Å²) in [6.45, 7) is 2.19. The highest BCUT2D eigenvalue weighted by Crippen LogP contribution is 2.07. The van der Waals surface area contributed by atoms with Crippen LogP contribution in [-0.4, -0.2) is 11.9 Å². The van der Waals surface area contributed by atoms with Gasteiger partial charge in [-0.15, -0.1) is 0 Å². The molecule has 15 heavy (non-hydrogen) atoms. The molecule has 0 spiro atoms. The average Bonchev–Trinajstić information content (AvgIpc) is 2.15. The van der Waals surface area contributed by atoms with Gasteiger partial charge in [-0.3, -0.25) is 10.1 Å². The Morgan fingerprint density at radius 1 is 1.00 bits per heavy atom. The maximum Gasteiger partial charge on any atom is 0.318 e. The molecule has 0 rings (SSSR count). The second kappa shape index (κ2) is 9.49. The Bertz CT molecular complexity index is 193. The van der Waals surface area contributed by atoms with Crippen LogP contribution in [0.25, 0.3) is 0 Å². The predicted octanol–water partition coefficient (Wildman–Crippen LogP) is 2.32. The van der Waals surface area contributed by atoms with Crippen molar-refractivity contribution < 1.29 is 9.59 Å². The molecule has 3 N–H and O–H groups in total. The number of unbranched alkanes of at least 4 members (excludes halogenated alkanes) is 6. The lowest BCUT2D eigenvalue weighted by Crippen LogP contribution is -2.34. The lowest BCUT2D eigenvalue weighted by molar-refractivity contribution is -0.120. The molecule has 0 bridgehead atoms. The van der Waals surface area contributed by atoms with Gasteiger partial charge in [-0.1, -0.05) is 45.4 Å².